The quantitative estimate of drug-likeness (QED) is 0.841. The summed E-state index contributed by atoms with van der Waals surface area (Å²) in [6.45, 7) is 4.99. The van der Waals surface area contributed by atoms with Gasteiger partial charge in [0.2, 0.25) is 0 Å². The molecule has 6 nitrogen and oxygen atoms in total. The van der Waals surface area contributed by atoms with Crippen molar-refractivity contribution in [3.05, 3.63) is 17.5 Å². The van der Waals surface area contributed by atoms with E-state index in [2.05, 4.69) is 9.97 Å². The van der Waals surface area contributed by atoms with Gasteiger partial charge in [0.15, 0.2) is 0 Å². The molecule has 0 bridgehead atoms. The van der Waals surface area contributed by atoms with Gasteiger partial charge in [0.05, 0.1) is 24.5 Å². The zero-order valence-corrected chi connectivity index (χ0v) is 11.0. The molecule has 0 aromatic carbocycles. The van der Waals surface area contributed by atoms with Crippen molar-refractivity contribution in [2.75, 3.05) is 18.0 Å². The maximum Gasteiger partial charge on any atom is 0.407 e. The average molecular weight is 271 g/mol. The van der Waals surface area contributed by atoms with Crippen LogP contribution in [0.5, 0.6) is 0 Å². The summed E-state index contributed by atoms with van der Waals surface area (Å²) < 4.78 is 0. The molecule has 2 rings (SSSR count). The van der Waals surface area contributed by atoms with Crippen molar-refractivity contribution in [1.29, 1.82) is 0 Å². The summed E-state index contributed by atoms with van der Waals surface area (Å²) in [4.78, 5) is 22.8. The molecule has 18 heavy (non-hydrogen) atoms. The Labute approximate surface area is 110 Å². The van der Waals surface area contributed by atoms with Gasteiger partial charge < -0.3 is 10.0 Å². The first-order valence-corrected chi connectivity index (χ1v) is 6.10. The number of halogens is 1. The topological polar surface area (TPSA) is 69.6 Å². The smallest absolute Gasteiger partial charge is 0.407 e. The number of carboxylic acid groups (broad SMARTS) is 1. The second-order valence-corrected chi connectivity index (χ2v) is 4.88. The van der Waals surface area contributed by atoms with Crippen molar-refractivity contribution in [1.82, 2.24) is 14.9 Å². The van der Waals surface area contributed by atoms with Crippen molar-refractivity contribution < 1.29 is 9.90 Å². The van der Waals surface area contributed by atoms with Crippen LogP contribution < -0.4 is 4.90 Å². The van der Waals surface area contributed by atoms with Crippen molar-refractivity contribution in [3.8, 4) is 0 Å². The van der Waals surface area contributed by atoms with Gasteiger partial charge in [-0.25, -0.2) is 14.8 Å². The molecule has 0 saturated carbocycles. The molecule has 7 heteroatoms. The molecular weight excluding hydrogens is 256 g/mol. The Morgan fingerprint density at radius 3 is 2.39 bits per heavy atom. The Hall–Kier alpha value is -1.56. The van der Waals surface area contributed by atoms with Crippen LogP contribution in [0.25, 0.3) is 0 Å². The molecule has 1 aliphatic rings. The lowest BCUT2D eigenvalue weighted by molar-refractivity contribution is 0.0981. The maximum absolute atomic E-state index is 11.1. The Balaban J connectivity index is 2.15. The molecule has 1 N–H and O–H groups in total. The lowest BCUT2D eigenvalue weighted by Gasteiger charge is -2.43. The third-order valence-corrected chi connectivity index (χ3v) is 3.27. The number of amides is 1. The van der Waals surface area contributed by atoms with Gasteiger partial charge in [-0.05, 0) is 13.8 Å². The normalized spacial score (nSPS) is 24.2. The van der Waals surface area contributed by atoms with Gasteiger partial charge in [-0.1, -0.05) is 11.6 Å². The first-order valence-electron chi connectivity index (χ1n) is 5.72. The zero-order valence-electron chi connectivity index (χ0n) is 10.2. The Morgan fingerprint density at radius 1 is 1.33 bits per heavy atom. The van der Waals surface area contributed by atoms with E-state index >= 15 is 0 Å². The SMILES string of the molecule is C[C@@H]1CN(c2cnc(Cl)cn2)C[C@H](C)N1C(=O)O. The Morgan fingerprint density at radius 2 is 1.94 bits per heavy atom. The predicted molar refractivity (Wildman–Crippen MR) is 68.0 cm³/mol. The number of rotatable bonds is 1. The van der Waals surface area contributed by atoms with E-state index < -0.39 is 6.09 Å². The van der Waals surface area contributed by atoms with Crippen LogP contribution in [0.2, 0.25) is 5.15 Å². The first kappa shape index (κ1) is 12.9. The highest BCUT2D eigenvalue weighted by molar-refractivity contribution is 6.29. The molecule has 0 aliphatic carbocycles. The van der Waals surface area contributed by atoms with Crippen molar-refractivity contribution in [2.45, 2.75) is 25.9 Å². The Bertz CT molecular complexity index is 427. The monoisotopic (exact) mass is 270 g/mol. The molecule has 1 aliphatic heterocycles. The van der Waals surface area contributed by atoms with Crippen LogP contribution in [0.15, 0.2) is 12.4 Å². The summed E-state index contributed by atoms with van der Waals surface area (Å²) in [6, 6.07) is -0.160. The second kappa shape index (κ2) is 4.97. The van der Waals surface area contributed by atoms with E-state index in [-0.39, 0.29) is 12.1 Å². The number of aromatic nitrogens is 2. The highest BCUT2D eigenvalue weighted by Crippen LogP contribution is 2.20. The molecule has 2 atom stereocenters. The highest BCUT2D eigenvalue weighted by atomic mass is 35.5. The number of hydrogen-bond donors (Lipinski definition) is 1. The van der Waals surface area contributed by atoms with Crippen molar-refractivity contribution in [3.63, 3.8) is 0 Å². The van der Waals surface area contributed by atoms with E-state index in [1.165, 1.54) is 11.1 Å². The predicted octanol–water partition coefficient (Wildman–Crippen LogP) is 1.71. The summed E-state index contributed by atoms with van der Waals surface area (Å²) in [5, 5.41) is 9.49. The maximum atomic E-state index is 11.1. The second-order valence-electron chi connectivity index (χ2n) is 4.49. The summed E-state index contributed by atoms with van der Waals surface area (Å²) in [5.41, 5.74) is 0. The van der Waals surface area contributed by atoms with Crippen LogP contribution in [0.4, 0.5) is 10.6 Å². The molecule has 0 unspecified atom stereocenters. The fourth-order valence-electron chi connectivity index (χ4n) is 2.36. The molecule has 1 aromatic rings. The number of nitrogens with zero attached hydrogens (tertiary/aromatic N) is 4. The molecule has 0 spiro atoms. The van der Waals surface area contributed by atoms with Crippen LogP contribution >= 0.6 is 11.6 Å². The third-order valence-electron chi connectivity index (χ3n) is 3.07. The molecule has 1 amide bonds. The first-order chi connectivity index (χ1) is 8.49. The molecular formula is C11H15ClN4O2. The van der Waals surface area contributed by atoms with E-state index in [1.807, 2.05) is 18.7 Å². The zero-order chi connectivity index (χ0) is 13.3. The highest BCUT2D eigenvalue weighted by Gasteiger charge is 2.33. The molecule has 1 aromatic heterocycles. The minimum Gasteiger partial charge on any atom is -0.465 e. The minimum absolute atomic E-state index is 0.0799. The van der Waals surface area contributed by atoms with Crippen molar-refractivity contribution >= 4 is 23.5 Å². The van der Waals surface area contributed by atoms with Gasteiger partial charge in [-0.3, -0.25) is 4.90 Å². The van der Waals surface area contributed by atoms with Crippen LogP contribution in [0, 0.1) is 0 Å². The third kappa shape index (κ3) is 2.48. The summed E-state index contributed by atoms with van der Waals surface area (Å²) in [7, 11) is 0. The van der Waals surface area contributed by atoms with Crippen LogP contribution in [-0.4, -0.2) is 51.2 Å². The number of anilines is 1. The molecule has 2 heterocycles. The van der Waals surface area contributed by atoms with E-state index in [0.717, 1.165) is 5.82 Å². The minimum atomic E-state index is -0.878. The molecule has 1 fully saturated rings. The van der Waals surface area contributed by atoms with Crippen LogP contribution in [0.1, 0.15) is 13.8 Å². The van der Waals surface area contributed by atoms with E-state index in [0.29, 0.717) is 18.2 Å². The van der Waals surface area contributed by atoms with Crippen LogP contribution in [-0.2, 0) is 0 Å². The summed E-state index contributed by atoms with van der Waals surface area (Å²) >= 11 is 5.69. The lowest BCUT2D eigenvalue weighted by Crippen LogP contribution is -2.58. The van der Waals surface area contributed by atoms with Gasteiger partial charge in [0.25, 0.3) is 0 Å². The van der Waals surface area contributed by atoms with E-state index in [9.17, 15) is 4.79 Å². The largest absolute Gasteiger partial charge is 0.465 e. The molecule has 98 valence electrons. The summed E-state index contributed by atoms with van der Waals surface area (Å²) in [5.74, 6) is 0.725. The number of piperazine rings is 1. The lowest BCUT2D eigenvalue weighted by atomic mass is 10.1. The number of hydrogen-bond acceptors (Lipinski definition) is 4. The van der Waals surface area contributed by atoms with Gasteiger partial charge in [-0.2, -0.15) is 0 Å². The Kier molecular flexibility index (Phi) is 3.56. The number of carbonyl (C=O) groups is 1. The van der Waals surface area contributed by atoms with Gasteiger partial charge >= 0.3 is 6.09 Å². The van der Waals surface area contributed by atoms with Crippen LogP contribution in [0.3, 0.4) is 0 Å². The van der Waals surface area contributed by atoms with Crippen molar-refractivity contribution in [2.24, 2.45) is 0 Å². The fraction of sp³-hybridized carbons (Fsp3) is 0.545. The van der Waals surface area contributed by atoms with E-state index in [1.54, 1.807) is 6.20 Å². The standard InChI is InChI=1S/C11H15ClN4O2/c1-7-5-15(6-8(2)16(7)11(17)18)10-4-13-9(12)3-14-10/h3-4,7-8H,5-6H2,1-2H3,(H,17,18)/t7-,8+. The van der Waals surface area contributed by atoms with Gasteiger partial charge in [0.1, 0.15) is 11.0 Å². The summed E-state index contributed by atoms with van der Waals surface area (Å²) in [6.07, 6.45) is 2.23. The molecule has 1 saturated heterocycles. The average Bonchev–Trinajstić information content (AvgIpc) is 2.28. The fourth-order valence-corrected chi connectivity index (χ4v) is 2.45. The van der Waals surface area contributed by atoms with Gasteiger partial charge in [-0.15, -0.1) is 0 Å². The van der Waals surface area contributed by atoms with Gasteiger partial charge in [0, 0.05) is 13.1 Å². The van der Waals surface area contributed by atoms with E-state index in [4.69, 9.17) is 16.7 Å². The molecule has 0 radical (unpaired) electrons.